The highest BCUT2D eigenvalue weighted by molar-refractivity contribution is 8.14. The van der Waals surface area contributed by atoms with Gasteiger partial charge >= 0.3 is 5.97 Å². The van der Waals surface area contributed by atoms with Crippen molar-refractivity contribution in [3.05, 3.63) is 35.9 Å². The third-order valence-electron chi connectivity index (χ3n) is 4.43. The summed E-state index contributed by atoms with van der Waals surface area (Å²) in [4.78, 5) is 49.4. The monoisotopic (exact) mass is 466 g/mol. The fraction of sp³-hybridized carbons (Fsp3) is 0.565. The van der Waals surface area contributed by atoms with Crippen LogP contribution in [0.3, 0.4) is 0 Å². The average molecular weight is 467 g/mol. The third-order valence-corrected chi connectivity index (χ3v) is 5.78. The molecule has 0 saturated carbocycles. The molecule has 0 fully saturated rings. The summed E-state index contributed by atoms with van der Waals surface area (Å²) in [5.74, 6) is -1.72. The minimum Gasteiger partial charge on any atom is -0.464 e. The quantitative estimate of drug-likeness (QED) is 0.455. The lowest BCUT2D eigenvalue weighted by Crippen LogP contribution is -2.60. The molecule has 1 aromatic carbocycles. The molecule has 178 valence electrons. The summed E-state index contributed by atoms with van der Waals surface area (Å²) in [5.41, 5.74) is -0.400. The summed E-state index contributed by atoms with van der Waals surface area (Å²) in [5, 5.41) is 4.49. The van der Waals surface area contributed by atoms with Crippen molar-refractivity contribution >= 4 is 34.7 Å². The van der Waals surface area contributed by atoms with Gasteiger partial charge in [-0.15, -0.1) is 0 Å². The highest BCUT2D eigenvalue weighted by Gasteiger charge is 2.36. The van der Waals surface area contributed by atoms with Crippen molar-refractivity contribution in [3.63, 3.8) is 0 Å². The Bertz CT molecular complexity index is 782. The number of amides is 2. The van der Waals surface area contributed by atoms with Crippen molar-refractivity contribution in [3.8, 4) is 0 Å². The molecule has 0 heterocycles. The Labute approximate surface area is 194 Å². The molecular weight excluding hydrogens is 432 g/mol. The zero-order valence-corrected chi connectivity index (χ0v) is 20.4. The van der Waals surface area contributed by atoms with Gasteiger partial charge in [0.15, 0.2) is 11.2 Å². The molecule has 8 nitrogen and oxygen atoms in total. The summed E-state index contributed by atoms with van der Waals surface area (Å²) in [6, 6.07) is 8.39. The van der Waals surface area contributed by atoms with Crippen LogP contribution >= 0.6 is 11.8 Å². The highest BCUT2D eigenvalue weighted by Crippen LogP contribution is 2.21. The van der Waals surface area contributed by atoms with Crippen LogP contribution in [-0.4, -0.2) is 52.9 Å². The van der Waals surface area contributed by atoms with Crippen molar-refractivity contribution in [1.82, 2.24) is 10.6 Å². The first-order valence-corrected chi connectivity index (χ1v) is 11.4. The molecule has 1 aromatic rings. The second-order valence-electron chi connectivity index (χ2n) is 8.17. The summed E-state index contributed by atoms with van der Waals surface area (Å²) in [6.07, 6.45) is 0. The largest absolute Gasteiger partial charge is 0.464 e. The molecule has 2 atom stereocenters. The zero-order valence-electron chi connectivity index (χ0n) is 19.6. The van der Waals surface area contributed by atoms with E-state index in [4.69, 9.17) is 9.47 Å². The van der Waals surface area contributed by atoms with Crippen LogP contribution in [0.2, 0.25) is 0 Å². The van der Waals surface area contributed by atoms with E-state index in [2.05, 4.69) is 10.6 Å². The molecule has 0 unspecified atom stereocenters. The van der Waals surface area contributed by atoms with Crippen LogP contribution in [0.1, 0.15) is 47.1 Å². The molecule has 2 amide bonds. The Morgan fingerprint density at radius 1 is 1.09 bits per heavy atom. The van der Waals surface area contributed by atoms with E-state index >= 15 is 0 Å². The van der Waals surface area contributed by atoms with Crippen LogP contribution in [0.15, 0.2) is 30.3 Å². The van der Waals surface area contributed by atoms with E-state index in [0.29, 0.717) is 0 Å². The van der Waals surface area contributed by atoms with E-state index in [0.717, 1.165) is 17.3 Å². The van der Waals surface area contributed by atoms with Gasteiger partial charge in [-0.05, 0) is 32.3 Å². The lowest BCUT2D eigenvalue weighted by Gasteiger charge is -2.30. The number of hydrogen-bond acceptors (Lipinski definition) is 7. The average Bonchev–Trinajstić information content (AvgIpc) is 2.71. The van der Waals surface area contributed by atoms with Crippen molar-refractivity contribution in [1.29, 1.82) is 0 Å². The Morgan fingerprint density at radius 2 is 1.72 bits per heavy atom. The molecule has 0 aromatic heterocycles. The number of ether oxygens (including phenoxy) is 2. The minimum atomic E-state index is -1.33. The topological polar surface area (TPSA) is 111 Å². The highest BCUT2D eigenvalue weighted by atomic mass is 32.2. The number of esters is 1. The smallest absolute Gasteiger partial charge is 0.331 e. The third kappa shape index (κ3) is 9.40. The maximum Gasteiger partial charge on any atom is 0.331 e. The number of carbonyl (C=O) groups is 4. The molecule has 9 heteroatoms. The molecule has 0 bridgehead atoms. The van der Waals surface area contributed by atoms with Gasteiger partial charge in [-0.1, -0.05) is 55.9 Å². The SMILES string of the molecule is CCOC(=O)[C@H](COCc1ccccc1)NC(=O)C(C)(C)NC(=O)[C@@H](SC(C)=O)C(C)C. The predicted molar refractivity (Wildman–Crippen MR) is 124 cm³/mol. The van der Waals surface area contributed by atoms with Crippen LogP contribution < -0.4 is 10.6 Å². The molecule has 0 aliphatic heterocycles. The van der Waals surface area contributed by atoms with Gasteiger partial charge < -0.3 is 20.1 Å². The van der Waals surface area contributed by atoms with Gasteiger partial charge in [0.2, 0.25) is 11.8 Å². The first kappa shape index (κ1) is 27.6. The van der Waals surface area contributed by atoms with E-state index in [1.807, 2.05) is 44.2 Å². The Hall–Kier alpha value is -2.39. The van der Waals surface area contributed by atoms with Crippen molar-refractivity contribution in [2.24, 2.45) is 5.92 Å². The van der Waals surface area contributed by atoms with E-state index in [1.165, 1.54) is 20.8 Å². The Balaban J connectivity index is 2.81. The van der Waals surface area contributed by atoms with Gasteiger partial charge in [0.25, 0.3) is 0 Å². The van der Waals surface area contributed by atoms with Crippen molar-refractivity contribution in [2.45, 2.75) is 65.0 Å². The fourth-order valence-electron chi connectivity index (χ4n) is 2.73. The number of carbonyl (C=O) groups excluding carboxylic acids is 4. The summed E-state index contributed by atoms with van der Waals surface area (Å²) in [6.45, 7) is 10.1. The van der Waals surface area contributed by atoms with E-state index < -0.39 is 34.6 Å². The van der Waals surface area contributed by atoms with Crippen molar-refractivity contribution in [2.75, 3.05) is 13.2 Å². The number of nitrogens with one attached hydrogen (secondary N) is 2. The van der Waals surface area contributed by atoms with Gasteiger partial charge in [-0.2, -0.15) is 0 Å². The molecule has 32 heavy (non-hydrogen) atoms. The summed E-state index contributed by atoms with van der Waals surface area (Å²) < 4.78 is 10.7. The fourth-order valence-corrected chi connectivity index (χ4v) is 3.52. The van der Waals surface area contributed by atoms with Crippen LogP contribution in [0.25, 0.3) is 0 Å². The second kappa shape index (κ2) is 13.2. The minimum absolute atomic E-state index is 0.0850. The molecular formula is C23H34N2O6S. The molecule has 1 rings (SSSR count). The van der Waals surface area contributed by atoms with E-state index in [1.54, 1.807) is 6.92 Å². The lowest BCUT2D eigenvalue weighted by atomic mass is 10.0. The summed E-state index contributed by atoms with van der Waals surface area (Å²) in [7, 11) is 0. The van der Waals surface area contributed by atoms with Gasteiger partial charge in [0.05, 0.1) is 25.1 Å². The molecule has 0 radical (unpaired) electrons. The first-order valence-electron chi connectivity index (χ1n) is 10.6. The van der Waals surface area contributed by atoms with E-state index in [-0.39, 0.29) is 30.9 Å². The van der Waals surface area contributed by atoms with Gasteiger partial charge in [0, 0.05) is 6.92 Å². The number of thioether (sulfide) groups is 1. The zero-order chi connectivity index (χ0) is 24.3. The van der Waals surface area contributed by atoms with Crippen LogP contribution in [0.4, 0.5) is 0 Å². The normalized spacial score (nSPS) is 13.2. The van der Waals surface area contributed by atoms with Gasteiger partial charge in [-0.3, -0.25) is 14.4 Å². The second-order valence-corrected chi connectivity index (χ2v) is 9.49. The van der Waals surface area contributed by atoms with Gasteiger partial charge in [-0.25, -0.2) is 4.79 Å². The Morgan fingerprint density at radius 3 is 2.25 bits per heavy atom. The maximum absolute atomic E-state index is 12.9. The summed E-state index contributed by atoms with van der Waals surface area (Å²) >= 11 is 0.926. The van der Waals surface area contributed by atoms with Crippen LogP contribution in [0.5, 0.6) is 0 Å². The standard InChI is InChI=1S/C23H34N2O6S/c1-7-31-21(28)18(14-30-13-17-11-9-8-10-12-17)24-22(29)23(5,6)25-20(27)19(15(2)3)32-16(4)26/h8-12,15,18-19H,7,13-14H2,1-6H3,(H,24,29)(H,25,27)/t18-,19-/m0/s1. The number of hydrogen-bond donors (Lipinski definition) is 2. The first-order chi connectivity index (χ1) is 15.0. The molecule has 0 spiro atoms. The lowest BCUT2D eigenvalue weighted by molar-refractivity contribution is -0.150. The van der Waals surface area contributed by atoms with Crippen LogP contribution in [0, 0.1) is 5.92 Å². The Kier molecular flexibility index (Phi) is 11.4. The maximum atomic E-state index is 12.9. The molecule has 0 aliphatic rings. The van der Waals surface area contributed by atoms with E-state index in [9.17, 15) is 19.2 Å². The molecule has 0 aliphatic carbocycles. The molecule has 2 N–H and O–H groups in total. The van der Waals surface area contributed by atoms with Crippen molar-refractivity contribution < 1.29 is 28.7 Å². The number of benzene rings is 1. The van der Waals surface area contributed by atoms with Crippen LogP contribution in [-0.2, 0) is 35.3 Å². The molecule has 0 saturated heterocycles. The number of rotatable bonds is 12. The predicted octanol–water partition coefficient (Wildman–Crippen LogP) is 2.45. The van der Waals surface area contributed by atoms with Gasteiger partial charge in [0.1, 0.15) is 5.54 Å².